The van der Waals surface area contributed by atoms with E-state index < -0.39 is 0 Å². The van der Waals surface area contributed by atoms with Gasteiger partial charge in [-0.05, 0) is 142 Å². The topological polar surface area (TPSA) is 241 Å². The molecule has 17 heteroatoms. The quantitative estimate of drug-likeness (QED) is 0.0482. The van der Waals surface area contributed by atoms with Crippen LogP contribution >= 0.6 is 23.4 Å². The van der Waals surface area contributed by atoms with Gasteiger partial charge in [0.1, 0.15) is 11.6 Å². The zero-order chi connectivity index (χ0) is 60.2. The minimum absolute atomic E-state index is 0.536. The summed E-state index contributed by atoms with van der Waals surface area (Å²) in [6.07, 6.45) is 11.6. The van der Waals surface area contributed by atoms with Crippen molar-refractivity contribution in [3.05, 3.63) is 180 Å². The van der Waals surface area contributed by atoms with Crippen molar-refractivity contribution in [2.75, 3.05) is 120 Å². The van der Waals surface area contributed by atoms with Crippen LogP contribution in [0.2, 0.25) is 5.02 Å². The molecule has 1 saturated carbocycles. The summed E-state index contributed by atoms with van der Waals surface area (Å²) in [5.41, 5.74) is 42.3. The van der Waals surface area contributed by atoms with E-state index in [1.165, 1.54) is 43.2 Å². The van der Waals surface area contributed by atoms with Gasteiger partial charge in [-0.15, -0.1) is 11.8 Å². The number of nitrogen functional groups attached to an aromatic ring is 4. The Morgan fingerprint density at radius 2 is 1.29 bits per heavy atom. The summed E-state index contributed by atoms with van der Waals surface area (Å²) >= 11 is 7.68. The summed E-state index contributed by atoms with van der Waals surface area (Å²) in [6, 6.07) is 50.0. The van der Waals surface area contributed by atoms with Crippen molar-refractivity contribution in [3.8, 4) is 5.75 Å². The number of hydrogen-bond acceptors (Lipinski definition) is 15. The second kappa shape index (κ2) is 45.1. The van der Waals surface area contributed by atoms with Crippen LogP contribution in [0.25, 0.3) is 0 Å². The van der Waals surface area contributed by atoms with Crippen molar-refractivity contribution in [2.24, 2.45) is 18.5 Å². The molecule has 1 aromatic heterocycles. The number of nitrogens with one attached hydrogen (secondary N) is 3. The van der Waals surface area contributed by atoms with Crippen molar-refractivity contribution in [1.82, 2.24) is 20.0 Å². The number of para-hydroxylation sites is 5. The van der Waals surface area contributed by atoms with Crippen LogP contribution in [0.3, 0.4) is 0 Å². The van der Waals surface area contributed by atoms with Crippen molar-refractivity contribution in [1.29, 1.82) is 0 Å². The molecule has 450 valence electrons. The molecular formula is C65H99ClN12O3S. The fraction of sp³-hybridized carbons (Fsp3) is 0.400. The smallest absolute Gasteiger partial charge is 0.145 e. The highest BCUT2D eigenvalue weighted by Gasteiger charge is 2.09. The summed E-state index contributed by atoms with van der Waals surface area (Å²) in [5, 5.41) is 14.1. The van der Waals surface area contributed by atoms with E-state index in [1.807, 2.05) is 155 Å². The number of aryl methyl sites for hydroxylation is 3. The molecule has 82 heavy (non-hydrogen) atoms. The maximum atomic E-state index is 6.01. The van der Waals surface area contributed by atoms with Gasteiger partial charge in [0.05, 0.1) is 49.9 Å². The number of nitrogens with two attached hydrogens (primary N) is 6. The Balaban J connectivity index is 0.000000318. The number of nitrogens with zero attached hydrogens (tertiary/aromatic N) is 3. The van der Waals surface area contributed by atoms with Gasteiger partial charge in [0.15, 0.2) is 0 Å². The number of halogens is 1. The second-order valence-electron chi connectivity index (χ2n) is 19.6. The highest BCUT2D eigenvalue weighted by molar-refractivity contribution is 7.98. The Kier molecular flexibility index (Phi) is 39.4. The van der Waals surface area contributed by atoms with Crippen LogP contribution in [0.1, 0.15) is 75.0 Å². The van der Waals surface area contributed by atoms with Crippen molar-refractivity contribution < 1.29 is 14.2 Å². The molecule has 0 bridgehead atoms. The normalized spacial score (nSPS) is 13.4. The van der Waals surface area contributed by atoms with E-state index in [-0.39, 0.29) is 0 Å². The first-order valence-corrected chi connectivity index (χ1v) is 29.9. The monoisotopic (exact) mass is 1160 g/mol. The van der Waals surface area contributed by atoms with Gasteiger partial charge in [0.25, 0.3) is 0 Å². The highest BCUT2D eigenvalue weighted by atomic mass is 35.5. The van der Waals surface area contributed by atoms with Crippen LogP contribution in [-0.4, -0.2) is 107 Å². The maximum absolute atomic E-state index is 6.01. The molecule has 15 N–H and O–H groups in total. The molecule has 2 saturated heterocycles. The lowest BCUT2D eigenvalue weighted by Gasteiger charge is -2.26. The minimum Gasteiger partial charge on any atom is -0.495 e. The first-order valence-electron chi connectivity index (χ1n) is 28.3. The fourth-order valence-electron chi connectivity index (χ4n) is 7.68. The number of benzene rings is 6. The van der Waals surface area contributed by atoms with Crippen LogP contribution in [0.4, 0.5) is 39.9 Å². The Labute approximate surface area is 501 Å². The van der Waals surface area contributed by atoms with Crippen LogP contribution in [0.15, 0.2) is 163 Å². The van der Waals surface area contributed by atoms with Gasteiger partial charge in [-0.25, -0.2) is 0 Å². The average molecular weight is 1160 g/mol. The second-order valence-corrected chi connectivity index (χ2v) is 20.9. The van der Waals surface area contributed by atoms with Crippen molar-refractivity contribution in [2.45, 2.75) is 83.1 Å². The van der Waals surface area contributed by atoms with E-state index in [1.54, 1.807) is 41.9 Å². The third kappa shape index (κ3) is 34.1. The van der Waals surface area contributed by atoms with Crippen LogP contribution in [0.5, 0.6) is 5.75 Å². The highest BCUT2D eigenvalue weighted by Crippen LogP contribution is 2.26. The number of thioether (sulfide) groups is 1. The molecule has 1 aliphatic carbocycles. The number of anilines is 7. The first kappa shape index (κ1) is 71.6. The summed E-state index contributed by atoms with van der Waals surface area (Å²) in [4.78, 5) is 3.55. The molecule has 0 spiro atoms. The summed E-state index contributed by atoms with van der Waals surface area (Å²) in [5.74, 6) is 1.84. The zero-order valence-electron chi connectivity index (χ0n) is 50.3. The molecule has 10 rings (SSSR count). The Hall–Kier alpha value is -6.47. The molecule has 0 amide bonds. The summed E-state index contributed by atoms with van der Waals surface area (Å²) in [6.45, 7) is 18.1. The van der Waals surface area contributed by atoms with E-state index in [0.717, 1.165) is 122 Å². The standard InChI is InChI=1S/C12H11N.C10H14ClN.C8H11N.C7H16N2O.C7H9NO.C7H9NS.C6H13N.C4H7N3.C4H9NO/c1-3-7-11(8-4-1)13-12-9-5-2-6-10-12;1-7(2)8-4-5-10(12-3)9(11)6-8;1-6-3-4-8(9)7(2)5-6;8-2-1-3-9-4-6-10-7-5-9;2*1-9-7-5-3-2-4-6(7)8;7-6-4-2-1-3-5-6;1-7-3-2-4(5)6-7;1-3-6-4-2-5-1/h1-10,13H;4-7,12H,1-3H3;3-5H,9H2,1-2H3;1-8H2;2*2-5H,8H2,1H3;6H,1-5,7H2;2-3H,1H3,(H2,5,6);5H,1-4H2. The van der Waals surface area contributed by atoms with Gasteiger partial charge in [-0.1, -0.05) is 129 Å². The third-order valence-electron chi connectivity index (χ3n) is 12.5. The van der Waals surface area contributed by atoms with Gasteiger partial charge < -0.3 is 64.6 Å². The lowest BCUT2D eigenvalue weighted by molar-refractivity contribution is 0.0377. The minimum atomic E-state index is 0.536. The molecule has 6 aromatic carbocycles. The Morgan fingerprint density at radius 3 is 1.67 bits per heavy atom. The van der Waals surface area contributed by atoms with Gasteiger partial charge in [0.2, 0.25) is 0 Å². The lowest BCUT2D eigenvalue weighted by atomic mass is 9.97. The van der Waals surface area contributed by atoms with E-state index in [0.29, 0.717) is 23.5 Å². The van der Waals surface area contributed by atoms with E-state index in [2.05, 4.69) is 58.9 Å². The number of rotatable bonds is 9. The molecular weight excluding hydrogens is 1060 g/mol. The van der Waals surface area contributed by atoms with E-state index in [4.69, 9.17) is 60.2 Å². The van der Waals surface area contributed by atoms with Crippen molar-refractivity contribution >= 4 is 63.3 Å². The Bertz CT molecular complexity index is 2540. The number of ether oxygens (including phenoxy) is 3. The largest absolute Gasteiger partial charge is 0.495 e. The zero-order valence-corrected chi connectivity index (χ0v) is 51.9. The number of aromatic nitrogens is 2. The van der Waals surface area contributed by atoms with Gasteiger partial charge >= 0.3 is 0 Å². The number of methoxy groups -OCH3 is 1. The van der Waals surface area contributed by atoms with E-state index >= 15 is 0 Å². The lowest BCUT2D eigenvalue weighted by Crippen LogP contribution is -2.37. The molecule has 3 fully saturated rings. The van der Waals surface area contributed by atoms with Gasteiger partial charge in [-0.2, -0.15) is 5.10 Å². The van der Waals surface area contributed by atoms with Gasteiger partial charge in [-0.3, -0.25) is 9.58 Å². The fourth-order valence-corrected chi connectivity index (χ4v) is 8.49. The molecule has 0 radical (unpaired) electrons. The van der Waals surface area contributed by atoms with Crippen LogP contribution in [-0.2, 0) is 16.5 Å². The average Bonchev–Trinajstić information content (AvgIpc) is 3.90. The third-order valence-corrected chi connectivity index (χ3v) is 13.6. The molecule has 2 aliphatic heterocycles. The van der Waals surface area contributed by atoms with Gasteiger partial charge in [0, 0.05) is 80.2 Å². The predicted molar refractivity (Wildman–Crippen MR) is 355 cm³/mol. The molecule has 3 heterocycles. The first-order chi connectivity index (χ1) is 39.6. The molecule has 15 nitrogen and oxygen atoms in total. The predicted octanol–water partition coefficient (Wildman–Crippen LogP) is 12.6. The summed E-state index contributed by atoms with van der Waals surface area (Å²) in [7, 11) is 5.30. The van der Waals surface area contributed by atoms with E-state index in [9.17, 15) is 0 Å². The van der Waals surface area contributed by atoms with Crippen molar-refractivity contribution in [3.63, 3.8) is 0 Å². The number of morpholine rings is 2. The molecule has 3 aliphatic rings. The summed E-state index contributed by atoms with van der Waals surface area (Å²) < 4.78 is 16.8. The number of hydrogen-bond donors (Lipinski definition) is 9. The SMILES string of the molecule is C1COCCN1.CNc1ccc(C(C)C)cc1Cl.COc1ccccc1N.CSc1ccccc1N.Cc1ccc(N)c(C)c1.Cn1ccc(N)n1.NC1CCCCC1.NCCCN1CCOCC1.c1ccc(Nc2ccccc2)cc1. The maximum Gasteiger partial charge on any atom is 0.145 e. The Morgan fingerprint density at radius 1 is 0.720 bits per heavy atom. The van der Waals surface area contributed by atoms with Crippen LogP contribution in [0, 0.1) is 13.8 Å². The van der Waals surface area contributed by atoms with Crippen LogP contribution < -0.4 is 55.1 Å². The molecule has 0 atom stereocenters. The molecule has 0 unspecified atom stereocenters. The molecule has 7 aromatic rings.